The second-order valence-electron chi connectivity index (χ2n) is 4.06. The Morgan fingerprint density at radius 2 is 2.00 bits per heavy atom. The van der Waals surface area contributed by atoms with Crippen molar-refractivity contribution in [2.24, 2.45) is 7.05 Å². The molecule has 0 fully saturated rings. The molecule has 0 unspecified atom stereocenters. The Bertz CT molecular complexity index is 533. The van der Waals surface area contributed by atoms with Crippen LogP contribution in [0.3, 0.4) is 0 Å². The van der Waals surface area contributed by atoms with Gasteiger partial charge in [-0.1, -0.05) is 46.9 Å². The molecule has 18 heavy (non-hydrogen) atoms. The number of halogens is 1. The summed E-state index contributed by atoms with van der Waals surface area (Å²) in [6.45, 7) is 0.525. The summed E-state index contributed by atoms with van der Waals surface area (Å²) >= 11 is 2.33. The maximum absolute atomic E-state index is 11.8. The smallest absolute Gasteiger partial charge is 0.271 e. The molecule has 1 amide bonds. The molecule has 2 aromatic rings. The van der Waals surface area contributed by atoms with Crippen LogP contribution in [0.5, 0.6) is 0 Å². The van der Waals surface area contributed by atoms with E-state index in [0.717, 1.165) is 9.99 Å². The third kappa shape index (κ3) is 3.32. The minimum atomic E-state index is -0.145. The lowest BCUT2D eigenvalue weighted by atomic mass is 10.1. The third-order valence-corrected chi connectivity index (χ3v) is 3.45. The molecule has 0 aliphatic rings. The van der Waals surface area contributed by atoms with Crippen molar-refractivity contribution < 1.29 is 4.79 Å². The fourth-order valence-corrected chi connectivity index (χ4v) is 2.06. The molecule has 0 spiro atoms. The zero-order chi connectivity index (χ0) is 13.0. The second-order valence-corrected chi connectivity index (χ2v) is 4.82. The summed E-state index contributed by atoms with van der Waals surface area (Å²) in [6, 6.07) is 8.22. The van der Waals surface area contributed by atoms with Gasteiger partial charge >= 0.3 is 0 Å². The number of amides is 1. The predicted octanol–water partition coefficient (Wildman–Crippen LogP) is 2.29. The highest BCUT2D eigenvalue weighted by atomic mass is 127. The van der Waals surface area contributed by atoms with E-state index in [2.05, 4.69) is 45.0 Å². The average Bonchev–Trinajstić information content (AvgIpc) is 2.83. The molecule has 0 atom stereocenters. The molecule has 1 N–H and O–H groups in total. The Balaban J connectivity index is 1.92. The third-order valence-electron chi connectivity index (χ3n) is 2.57. The van der Waals surface area contributed by atoms with Crippen LogP contribution in [0.25, 0.3) is 0 Å². The second kappa shape index (κ2) is 5.99. The Morgan fingerprint density at radius 3 is 2.56 bits per heavy atom. The van der Waals surface area contributed by atoms with Crippen LogP contribution >= 0.6 is 22.6 Å². The van der Waals surface area contributed by atoms with Crippen LogP contribution in [0.2, 0.25) is 0 Å². The van der Waals surface area contributed by atoms with Gasteiger partial charge in [0.2, 0.25) is 0 Å². The summed E-state index contributed by atoms with van der Waals surface area (Å²) in [5.74, 6) is -0.145. The van der Waals surface area contributed by atoms with E-state index in [-0.39, 0.29) is 5.91 Å². The van der Waals surface area contributed by atoms with Gasteiger partial charge in [-0.2, -0.15) is 0 Å². The van der Waals surface area contributed by atoms with E-state index in [1.165, 1.54) is 5.56 Å². The molecule has 0 saturated carbocycles. The lowest BCUT2D eigenvalue weighted by Gasteiger charge is -2.04. The van der Waals surface area contributed by atoms with E-state index >= 15 is 0 Å². The van der Waals surface area contributed by atoms with Gasteiger partial charge in [-0.3, -0.25) is 4.79 Å². The topological polar surface area (TPSA) is 46.9 Å². The zero-order valence-corrected chi connectivity index (χ0v) is 12.2. The van der Waals surface area contributed by atoms with Crippen LogP contribution in [0.15, 0.2) is 36.8 Å². The molecular weight excluding hydrogens is 341 g/mol. The van der Waals surface area contributed by atoms with E-state index in [9.17, 15) is 4.79 Å². The van der Waals surface area contributed by atoms with Crippen molar-refractivity contribution in [1.29, 1.82) is 0 Å². The fourth-order valence-electron chi connectivity index (χ4n) is 1.55. The number of aryl methyl sites for hydroxylation is 1. The van der Waals surface area contributed by atoms with Crippen LogP contribution in [0.4, 0.5) is 0 Å². The van der Waals surface area contributed by atoms with Gasteiger partial charge in [0.1, 0.15) is 5.69 Å². The number of alkyl halides is 1. The van der Waals surface area contributed by atoms with Gasteiger partial charge in [-0.25, -0.2) is 4.98 Å². The molecule has 1 aromatic carbocycles. The standard InChI is InChI=1S/C13H14IN3O/c1-17-8-12(16-9-17)13(18)15-7-11-4-2-10(6-14)3-5-11/h2-5,8-9H,6-7H2,1H3,(H,15,18). The predicted molar refractivity (Wildman–Crippen MR) is 78.5 cm³/mol. The molecule has 0 aliphatic carbocycles. The van der Waals surface area contributed by atoms with E-state index in [4.69, 9.17) is 0 Å². The maximum atomic E-state index is 11.8. The van der Waals surface area contributed by atoms with E-state index in [1.807, 2.05) is 19.2 Å². The van der Waals surface area contributed by atoms with Gasteiger partial charge in [0.25, 0.3) is 5.91 Å². The first-order chi connectivity index (χ1) is 8.69. The fraction of sp³-hybridized carbons (Fsp3) is 0.231. The first-order valence-electron chi connectivity index (χ1n) is 5.59. The summed E-state index contributed by atoms with van der Waals surface area (Å²) < 4.78 is 2.75. The van der Waals surface area contributed by atoms with Crippen molar-refractivity contribution in [3.8, 4) is 0 Å². The number of benzene rings is 1. The van der Waals surface area contributed by atoms with Gasteiger partial charge < -0.3 is 9.88 Å². The Hall–Kier alpha value is -1.37. The molecular formula is C13H14IN3O. The summed E-state index contributed by atoms with van der Waals surface area (Å²) in [7, 11) is 1.84. The van der Waals surface area contributed by atoms with Gasteiger partial charge in [0, 0.05) is 24.2 Å². The molecule has 2 rings (SSSR count). The summed E-state index contributed by atoms with van der Waals surface area (Å²) in [5.41, 5.74) is 2.82. The normalized spacial score (nSPS) is 10.3. The van der Waals surface area contributed by atoms with Gasteiger partial charge in [-0.15, -0.1) is 0 Å². The lowest BCUT2D eigenvalue weighted by molar-refractivity contribution is 0.0946. The molecule has 4 nitrogen and oxygen atoms in total. The number of carbonyl (C=O) groups excluding carboxylic acids is 1. The molecule has 0 aliphatic heterocycles. The number of carbonyl (C=O) groups is 1. The number of nitrogens with zero attached hydrogens (tertiary/aromatic N) is 2. The number of hydrogen-bond donors (Lipinski definition) is 1. The summed E-state index contributed by atoms with van der Waals surface area (Å²) in [5, 5.41) is 2.85. The van der Waals surface area contributed by atoms with Crippen molar-refractivity contribution in [2.45, 2.75) is 11.0 Å². The lowest BCUT2D eigenvalue weighted by Crippen LogP contribution is -2.23. The van der Waals surface area contributed by atoms with Crippen LogP contribution in [-0.4, -0.2) is 15.5 Å². The Labute approximate surface area is 120 Å². The first kappa shape index (κ1) is 13.1. The van der Waals surface area contributed by atoms with Gasteiger partial charge in [0.15, 0.2) is 0 Å². The SMILES string of the molecule is Cn1cnc(C(=O)NCc2ccc(CI)cc2)c1. The van der Waals surface area contributed by atoms with E-state index < -0.39 is 0 Å². The van der Waals surface area contributed by atoms with Crippen LogP contribution in [0.1, 0.15) is 21.6 Å². The number of hydrogen-bond acceptors (Lipinski definition) is 2. The van der Waals surface area contributed by atoms with Crippen LogP contribution < -0.4 is 5.32 Å². The summed E-state index contributed by atoms with van der Waals surface area (Å²) in [4.78, 5) is 15.8. The largest absolute Gasteiger partial charge is 0.347 e. The highest BCUT2D eigenvalue weighted by Crippen LogP contribution is 2.08. The maximum Gasteiger partial charge on any atom is 0.271 e. The first-order valence-corrected chi connectivity index (χ1v) is 7.11. The average molecular weight is 355 g/mol. The van der Waals surface area contributed by atoms with Crippen LogP contribution in [0, 0.1) is 0 Å². The van der Waals surface area contributed by atoms with Crippen molar-refractivity contribution in [1.82, 2.24) is 14.9 Å². The van der Waals surface area contributed by atoms with Crippen LogP contribution in [-0.2, 0) is 18.0 Å². The van der Waals surface area contributed by atoms with Crippen molar-refractivity contribution in [2.75, 3.05) is 0 Å². The van der Waals surface area contributed by atoms with Crippen molar-refractivity contribution in [3.63, 3.8) is 0 Å². The molecule has 94 valence electrons. The zero-order valence-electron chi connectivity index (χ0n) is 10.1. The molecule has 1 heterocycles. The molecule has 0 saturated heterocycles. The molecule has 0 bridgehead atoms. The highest BCUT2D eigenvalue weighted by molar-refractivity contribution is 14.1. The monoisotopic (exact) mass is 355 g/mol. The van der Waals surface area contributed by atoms with Crippen molar-refractivity contribution >= 4 is 28.5 Å². The van der Waals surface area contributed by atoms with Gasteiger partial charge in [0.05, 0.1) is 6.33 Å². The number of rotatable bonds is 4. The highest BCUT2D eigenvalue weighted by Gasteiger charge is 2.07. The summed E-state index contributed by atoms with van der Waals surface area (Å²) in [6.07, 6.45) is 3.32. The minimum absolute atomic E-state index is 0.145. The number of imidazole rings is 1. The van der Waals surface area contributed by atoms with Gasteiger partial charge in [-0.05, 0) is 11.1 Å². The number of nitrogens with one attached hydrogen (secondary N) is 1. The van der Waals surface area contributed by atoms with E-state index in [0.29, 0.717) is 12.2 Å². The molecule has 5 heteroatoms. The Kier molecular flexibility index (Phi) is 4.35. The molecule has 0 radical (unpaired) electrons. The minimum Gasteiger partial charge on any atom is -0.347 e. The Morgan fingerprint density at radius 1 is 1.33 bits per heavy atom. The van der Waals surface area contributed by atoms with E-state index in [1.54, 1.807) is 17.1 Å². The molecule has 1 aromatic heterocycles. The van der Waals surface area contributed by atoms with Crippen molar-refractivity contribution in [3.05, 3.63) is 53.6 Å². The number of aromatic nitrogens is 2. The quantitative estimate of drug-likeness (QED) is 0.676.